The molecule has 2 N–H and O–H groups in total. The standard InChI is InChI=1S/C24H28FN3O4S/c25-19-7-11-22(12-8-19)33(31,32)27-21-9-5-18(6-10-21)24(30)28-15-13-17(14-16-28)23(29)26-20-3-1-2-4-20/h5-12,17,20,27H,1-4,13-16H2,(H,26,29). The highest BCUT2D eigenvalue weighted by Gasteiger charge is 2.29. The van der Waals surface area contributed by atoms with Crippen LogP contribution in [0, 0.1) is 11.7 Å². The van der Waals surface area contributed by atoms with Crippen LogP contribution in [-0.2, 0) is 14.8 Å². The summed E-state index contributed by atoms with van der Waals surface area (Å²) in [5.74, 6) is -0.613. The van der Waals surface area contributed by atoms with E-state index in [9.17, 15) is 22.4 Å². The minimum Gasteiger partial charge on any atom is -0.353 e. The Morgan fingerprint density at radius 1 is 0.879 bits per heavy atom. The van der Waals surface area contributed by atoms with Crippen LogP contribution in [-0.4, -0.2) is 44.3 Å². The van der Waals surface area contributed by atoms with Crippen molar-refractivity contribution in [3.05, 3.63) is 59.9 Å². The van der Waals surface area contributed by atoms with Crippen LogP contribution >= 0.6 is 0 Å². The lowest BCUT2D eigenvalue weighted by Crippen LogP contribution is -2.44. The Kier molecular flexibility index (Phi) is 6.97. The Hall–Kier alpha value is -2.94. The summed E-state index contributed by atoms with van der Waals surface area (Å²) in [7, 11) is -3.86. The van der Waals surface area contributed by atoms with Crippen LogP contribution in [0.1, 0.15) is 48.9 Å². The third kappa shape index (κ3) is 5.71. The second-order valence-electron chi connectivity index (χ2n) is 8.69. The second-order valence-corrected chi connectivity index (χ2v) is 10.4. The number of likely N-dealkylation sites (tertiary alicyclic amines) is 1. The van der Waals surface area contributed by atoms with Crippen molar-refractivity contribution in [2.45, 2.75) is 49.5 Å². The predicted molar refractivity (Wildman–Crippen MR) is 123 cm³/mol. The van der Waals surface area contributed by atoms with E-state index in [0.717, 1.165) is 25.0 Å². The molecule has 176 valence electrons. The SMILES string of the molecule is O=C(NC1CCCC1)C1CCN(C(=O)c2ccc(NS(=O)(=O)c3ccc(F)cc3)cc2)CC1. The van der Waals surface area contributed by atoms with Crippen molar-refractivity contribution >= 4 is 27.5 Å². The summed E-state index contributed by atoms with van der Waals surface area (Å²) in [5, 5.41) is 3.15. The highest BCUT2D eigenvalue weighted by molar-refractivity contribution is 7.92. The van der Waals surface area contributed by atoms with Gasteiger partial charge in [0.1, 0.15) is 5.82 Å². The molecule has 0 bridgehead atoms. The molecule has 1 heterocycles. The number of carbonyl (C=O) groups is 2. The number of nitrogens with one attached hydrogen (secondary N) is 2. The molecule has 2 aliphatic rings. The summed E-state index contributed by atoms with van der Waals surface area (Å²) in [5.41, 5.74) is 0.756. The van der Waals surface area contributed by atoms with Gasteiger partial charge < -0.3 is 10.2 Å². The van der Waals surface area contributed by atoms with Crippen molar-refractivity contribution in [2.75, 3.05) is 17.8 Å². The van der Waals surface area contributed by atoms with Crippen molar-refractivity contribution in [1.82, 2.24) is 10.2 Å². The number of carbonyl (C=O) groups excluding carboxylic acids is 2. The maximum absolute atomic E-state index is 13.0. The van der Waals surface area contributed by atoms with Crippen molar-refractivity contribution < 1.29 is 22.4 Å². The number of halogens is 1. The molecule has 2 amide bonds. The Balaban J connectivity index is 1.31. The second kappa shape index (κ2) is 9.91. The van der Waals surface area contributed by atoms with Gasteiger partial charge in [-0.15, -0.1) is 0 Å². The fourth-order valence-corrected chi connectivity index (χ4v) is 5.48. The van der Waals surface area contributed by atoms with Crippen LogP contribution in [0.2, 0.25) is 0 Å². The van der Waals surface area contributed by atoms with Crippen LogP contribution in [0.5, 0.6) is 0 Å². The molecule has 0 unspecified atom stereocenters. The molecule has 7 nitrogen and oxygen atoms in total. The first-order valence-electron chi connectivity index (χ1n) is 11.3. The zero-order chi connectivity index (χ0) is 23.4. The van der Waals surface area contributed by atoms with Gasteiger partial charge in [-0.25, -0.2) is 12.8 Å². The largest absolute Gasteiger partial charge is 0.353 e. The van der Waals surface area contributed by atoms with E-state index < -0.39 is 15.8 Å². The van der Waals surface area contributed by atoms with Crippen molar-refractivity contribution in [3.8, 4) is 0 Å². The number of hydrogen-bond donors (Lipinski definition) is 2. The summed E-state index contributed by atoms with van der Waals surface area (Å²) in [6, 6.07) is 11.0. The first-order valence-corrected chi connectivity index (χ1v) is 12.8. The summed E-state index contributed by atoms with van der Waals surface area (Å²) in [6.07, 6.45) is 5.73. The van der Waals surface area contributed by atoms with Gasteiger partial charge >= 0.3 is 0 Å². The van der Waals surface area contributed by atoms with Crippen molar-refractivity contribution in [1.29, 1.82) is 0 Å². The predicted octanol–water partition coefficient (Wildman–Crippen LogP) is 3.54. The first-order chi connectivity index (χ1) is 15.8. The van der Waals surface area contributed by atoms with Crippen LogP contribution in [0.15, 0.2) is 53.4 Å². The third-order valence-electron chi connectivity index (χ3n) is 6.36. The molecule has 1 saturated carbocycles. The lowest BCUT2D eigenvalue weighted by molar-refractivity contribution is -0.127. The molecular formula is C24H28FN3O4S. The minimum absolute atomic E-state index is 0.0520. The van der Waals surface area contributed by atoms with E-state index >= 15 is 0 Å². The fraction of sp³-hybridized carbons (Fsp3) is 0.417. The molecule has 1 aliphatic carbocycles. The zero-order valence-corrected chi connectivity index (χ0v) is 19.1. The Morgan fingerprint density at radius 3 is 2.09 bits per heavy atom. The normalized spacial score (nSPS) is 17.7. The number of nitrogens with zero attached hydrogens (tertiary/aromatic N) is 1. The number of piperidine rings is 1. The van der Waals surface area contributed by atoms with Crippen molar-refractivity contribution in [3.63, 3.8) is 0 Å². The van der Waals surface area contributed by atoms with Crippen LogP contribution in [0.25, 0.3) is 0 Å². The van der Waals surface area contributed by atoms with E-state index in [1.54, 1.807) is 17.0 Å². The van der Waals surface area contributed by atoms with E-state index in [-0.39, 0.29) is 22.6 Å². The molecule has 33 heavy (non-hydrogen) atoms. The molecule has 0 spiro atoms. The first kappa shape index (κ1) is 23.2. The van der Waals surface area contributed by atoms with E-state index in [0.29, 0.717) is 43.2 Å². The van der Waals surface area contributed by atoms with E-state index in [2.05, 4.69) is 10.0 Å². The molecule has 2 fully saturated rings. The molecule has 4 rings (SSSR count). The highest BCUT2D eigenvalue weighted by atomic mass is 32.2. The number of hydrogen-bond acceptors (Lipinski definition) is 4. The van der Waals surface area contributed by atoms with Gasteiger partial charge in [0, 0.05) is 36.3 Å². The smallest absolute Gasteiger partial charge is 0.261 e. The van der Waals surface area contributed by atoms with Gasteiger partial charge in [-0.3, -0.25) is 14.3 Å². The van der Waals surface area contributed by atoms with Crippen LogP contribution in [0.4, 0.5) is 10.1 Å². The van der Waals surface area contributed by atoms with E-state index in [1.807, 2.05) is 0 Å². The molecule has 1 saturated heterocycles. The number of amides is 2. The van der Waals surface area contributed by atoms with Gasteiger partial charge in [0.2, 0.25) is 5.91 Å². The summed E-state index contributed by atoms with van der Waals surface area (Å²) in [6.45, 7) is 1.03. The molecule has 0 aromatic heterocycles. The summed E-state index contributed by atoms with van der Waals surface area (Å²) in [4.78, 5) is 27.0. The molecule has 0 atom stereocenters. The molecule has 2 aromatic carbocycles. The zero-order valence-electron chi connectivity index (χ0n) is 18.3. The summed E-state index contributed by atoms with van der Waals surface area (Å²) >= 11 is 0. The third-order valence-corrected chi connectivity index (χ3v) is 7.76. The molecule has 9 heteroatoms. The van der Waals surface area contributed by atoms with Gasteiger partial charge in [-0.1, -0.05) is 12.8 Å². The number of rotatable bonds is 6. The number of anilines is 1. The Bertz CT molecular complexity index is 1090. The van der Waals surface area contributed by atoms with Gasteiger partial charge in [0.25, 0.3) is 15.9 Å². The van der Waals surface area contributed by atoms with Gasteiger partial charge in [-0.2, -0.15) is 0 Å². The van der Waals surface area contributed by atoms with Gasteiger partial charge in [0.15, 0.2) is 0 Å². The molecule has 0 radical (unpaired) electrons. The molecule has 2 aromatic rings. The van der Waals surface area contributed by atoms with Crippen LogP contribution < -0.4 is 10.0 Å². The lowest BCUT2D eigenvalue weighted by atomic mass is 9.95. The van der Waals surface area contributed by atoms with Gasteiger partial charge in [-0.05, 0) is 74.2 Å². The quantitative estimate of drug-likeness (QED) is 0.671. The fourth-order valence-electron chi connectivity index (χ4n) is 4.43. The van der Waals surface area contributed by atoms with Gasteiger partial charge in [0.05, 0.1) is 4.90 Å². The maximum atomic E-state index is 13.0. The topological polar surface area (TPSA) is 95.6 Å². The minimum atomic E-state index is -3.86. The highest BCUT2D eigenvalue weighted by Crippen LogP contribution is 2.23. The van der Waals surface area contributed by atoms with E-state index in [1.165, 1.54) is 37.1 Å². The molecule has 1 aliphatic heterocycles. The number of benzene rings is 2. The Labute approximate surface area is 193 Å². The van der Waals surface area contributed by atoms with Crippen molar-refractivity contribution in [2.24, 2.45) is 5.92 Å². The van der Waals surface area contributed by atoms with Crippen LogP contribution in [0.3, 0.4) is 0 Å². The number of sulfonamides is 1. The Morgan fingerprint density at radius 2 is 1.48 bits per heavy atom. The lowest BCUT2D eigenvalue weighted by Gasteiger charge is -2.32. The average molecular weight is 474 g/mol. The average Bonchev–Trinajstić information content (AvgIpc) is 3.32. The summed E-state index contributed by atoms with van der Waals surface area (Å²) < 4.78 is 40.3. The molecular weight excluding hydrogens is 445 g/mol. The van der Waals surface area contributed by atoms with E-state index in [4.69, 9.17) is 0 Å². The monoisotopic (exact) mass is 473 g/mol. The maximum Gasteiger partial charge on any atom is 0.261 e.